The molecule has 0 radical (unpaired) electrons. The Morgan fingerprint density at radius 3 is 2.52 bits per heavy atom. The Bertz CT molecular complexity index is 1060. The molecule has 0 amide bonds. The molecular formula is C16H12ClFN4O3. The second-order valence-electron chi connectivity index (χ2n) is 5.21. The third-order valence-electron chi connectivity index (χ3n) is 3.57. The van der Waals surface area contributed by atoms with Gasteiger partial charge < -0.3 is 9.30 Å². The van der Waals surface area contributed by atoms with Crippen LogP contribution in [0.15, 0.2) is 46.5 Å². The second kappa shape index (κ2) is 6.48. The summed E-state index contributed by atoms with van der Waals surface area (Å²) in [5.41, 5.74) is -1.14. The summed E-state index contributed by atoms with van der Waals surface area (Å²) >= 11 is 6.00. The molecule has 7 nitrogen and oxygen atoms in total. The van der Waals surface area contributed by atoms with Crippen LogP contribution in [-0.4, -0.2) is 19.1 Å². The van der Waals surface area contributed by atoms with E-state index in [0.717, 1.165) is 6.07 Å². The highest BCUT2D eigenvalue weighted by molar-refractivity contribution is 6.32. The minimum Gasteiger partial charge on any atom is -0.452 e. The maximum absolute atomic E-state index is 14.4. The molecule has 0 fully saturated rings. The van der Waals surface area contributed by atoms with E-state index in [1.54, 1.807) is 6.92 Å². The van der Waals surface area contributed by atoms with Crippen molar-refractivity contribution in [1.82, 2.24) is 19.1 Å². The summed E-state index contributed by atoms with van der Waals surface area (Å²) < 4.78 is 21.8. The minimum atomic E-state index is -0.829. The summed E-state index contributed by atoms with van der Waals surface area (Å²) in [4.78, 5) is 32.2. The van der Waals surface area contributed by atoms with E-state index in [4.69, 9.17) is 16.3 Å². The zero-order valence-electron chi connectivity index (χ0n) is 13.2. The van der Waals surface area contributed by atoms with Gasteiger partial charge in [-0.2, -0.15) is 0 Å². The lowest BCUT2D eigenvalue weighted by Gasteiger charge is -2.13. The Balaban J connectivity index is 2.19. The summed E-state index contributed by atoms with van der Waals surface area (Å²) in [5.74, 6) is -0.502. The number of aryl methyl sites for hydroxylation is 1. The molecule has 25 heavy (non-hydrogen) atoms. The molecule has 2 heterocycles. The number of aromatic nitrogens is 4. The number of benzene rings is 1. The Kier molecular flexibility index (Phi) is 4.37. The van der Waals surface area contributed by atoms with E-state index in [9.17, 15) is 14.0 Å². The van der Waals surface area contributed by atoms with Crippen molar-refractivity contribution in [1.29, 1.82) is 0 Å². The summed E-state index contributed by atoms with van der Waals surface area (Å²) in [5, 5.41) is -0.0258. The molecule has 1 aromatic carbocycles. The van der Waals surface area contributed by atoms with Crippen molar-refractivity contribution in [3.63, 3.8) is 0 Å². The van der Waals surface area contributed by atoms with Gasteiger partial charge in [0.05, 0.1) is 23.1 Å². The van der Waals surface area contributed by atoms with Crippen molar-refractivity contribution in [3.8, 4) is 17.2 Å². The molecule has 0 aliphatic rings. The van der Waals surface area contributed by atoms with Gasteiger partial charge in [0, 0.05) is 24.9 Å². The van der Waals surface area contributed by atoms with Gasteiger partial charge in [-0.05, 0) is 13.0 Å². The van der Waals surface area contributed by atoms with Crippen LogP contribution in [0.25, 0.3) is 5.69 Å². The fourth-order valence-corrected chi connectivity index (χ4v) is 2.38. The average Bonchev–Trinajstić information content (AvgIpc) is 2.57. The van der Waals surface area contributed by atoms with E-state index in [1.807, 2.05) is 0 Å². The van der Waals surface area contributed by atoms with Crippen LogP contribution in [0.1, 0.15) is 5.69 Å². The summed E-state index contributed by atoms with van der Waals surface area (Å²) in [6, 6.07) is 3.39. The van der Waals surface area contributed by atoms with Crippen LogP contribution >= 0.6 is 11.6 Å². The van der Waals surface area contributed by atoms with Gasteiger partial charge in [0.25, 0.3) is 5.56 Å². The molecule has 0 aliphatic carbocycles. The minimum absolute atomic E-state index is 0.0258. The van der Waals surface area contributed by atoms with Gasteiger partial charge in [-0.15, -0.1) is 0 Å². The predicted molar refractivity (Wildman–Crippen MR) is 89.1 cm³/mol. The van der Waals surface area contributed by atoms with Crippen molar-refractivity contribution in [2.75, 3.05) is 0 Å². The molecule has 0 saturated carbocycles. The number of hydrogen-bond acceptors (Lipinski definition) is 5. The van der Waals surface area contributed by atoms with E-state index in [2.05, 4.69) is 9.97 Å². The highest BCUT2D eigenvalue weighted by Gasteiger charge is 2.17. The van der Waals surface area contributed by atoms with Gasteiger partial charge in [0.2, 0.25) is 0 Å². The van der Waals surface area contributed by atoms with Crippen LogP contribution in [0.2, 0.25) is 5.02 Å². The Hall–Kier alpha value is -3.00. The van der Waals surface area contributed by atoms with Crippen LogP contribution < -0.4 is 16.0 Å². The van der Waals surface area contributed by atoms with E-state index >= 15 is 0 Å². The summed E-state index contributed by atoms with van der Waals surface area (Å²) in [6.45, 7) is 1.61. The molecule has 2 aromatic heterocycles. The van der Waals surface area contributed by atoms with E-state index in [-0.39, 0.29) is 22.2 Å². The molecule has 0 N–H and O–H groups in total. The molecule has 0 bridgehead atoms. The number of rotatable bonds is 3. The van der Waals surface area contributed by atoms with Crippen molar-refractivity contribution in [3.05, 3.63) is 74.3 Å². The number of halogens is 2. The van der Waals surface area contributed by atoms with Crippen molar-refractivity contribution in [2.45, 2.75) is 6.92 Å². The van der Waals surface area contributed by atoms with Crippen LogP contribution in [0.5, 0.6) is 11.5 Å². The molecule has 0 unspecified atom stereocenters. The Morgan fingerprint density at radius 2 is 1.84 bits per heavy atom. The van der Waals surface area contributed by atoms with Gasteiger partial charge in [-0.25, -0.2) is 23.7 Å². The van der Waals surface area contributed by atoms with Crippen LogP contribution in [-0.2, 0) is 7.05 Å². The number of nitrogens with zero attached hydrogens (tertiary/aromatic N) is 4. The Labute approximate surface area is 145 Å². The van der Waals surface area contributed by atoms with Gasteiger partial charge in [0.15, 0.2) is 5.75 Å². The van der Waals surface area contributed by atoms with Gasteiger partial charge in [0.1, 0.15) is 17.9 Å². The lowest BCUT2D eigenvalue weighted by Crippen LogP contribution is -2.38. The van der Waals surface area contributed by atoms with Crippen LogP contribution in [0.4, 0.5) is 4.39 Å². The number of hydrogen-bond donors (Lipinski definition) is 0. The molecule has 0 saturated heterocycles. The molecule has 3 rings (SSSR count). The van der Waals surface area contributed by atoms with Gasteiger partial charge in [-0.1, -0.05) is 11.6 Å². The molecule has 0 spiro atoms. The lowest BCUT2D eigenvalue weighted by molar-refractivity contribution is 0.474. The molecule has 0 aliphatic heterocycles. The maximum Gasteiger partial charge on any atom is 0.335 e. The SMILES string of the molecule is Cc1cc(=O)n(-c2cc(Oc3cncnc3)c(Cl)cc2F)c(=O)n1C. The van der Waals surface area contributed by atoms with E-state index in [1.165, 1.54) is 42.5 Å². The first kappa shape index (κ1) is 16.8. The van der Waals surface area contributed by atoms with E-state index in [0.29, 0.717) is 10.3 Å². The summed E-state index contributed by atoms with van der Waals surface area (Å²) in [7, 11) is 1.49. The molecule has 3 aromatic rings. The first-order chi connectivity index (χ1) is 11.9. The monoisotopic (exact) mass is 362 g/mol. The van der Waals surface area contributed by atoms with Crippen molar-refractivity contribution >= 4 is 11.6 Å². The maximum atomic E-state index is 14.4. The standard InChI is InChI=1S/C16H12ClFN4O3/c1-9-3-15(23)22(16(24)21(9)2)13-5-14(11(17)4-12(13)18)25-10-6-19-8-20-7-10/h3-8H,1-2H3. The topological polar surface area (TPSA) is 79.0 Å². The third kappa shape index (κ3) is 3.16. The van der Waals surface area contributed by atoms with Gasteiger partial charge in [-0.3, -0.25) is 4.79 Å². The molecule has 9 heteroatoms. The van der Waals surface area contributed by atoms with Crippen molar-refractivity contribution < 1.29 is 9.13 Å². The highest BCUT2D eigenvalue weighted by Crippen LogP contribution is 2.32. The van der Waals surface area contributed by atoms with Crippen LogP contribution in [0, 0.1) is 12.7 Å². The average molecular weight is 363 g/mol. The zero-order valence-corrected chi connectivity index (χ0v) is 14.0. The molecule has 128 valence electrons. The zero-order chi connectivity index (χ0) is 18.1. The fourth-order valence-electron chi connectivity index (χ4n) is 2.19. The van der Waals surface area contributed by atoms with Crippen LogP contribution in [0.3, 0.4) is 0 Å². The van der Waals surface area contributed by atoms with Gasteiger partial charge >= 0.3 is 5.69 Å². The second-order valence-corrected chi connectivity index (χ2v) is 5.62. The number of ether oxygens (including phenoxy) is 1. The first-order valence-electron chi connectivity index (χ1n) is 7.10. The largest absolute Gasteiger partial charge is 0.452 e. The predicted octanol–water partition coefficient (Wildman–Crippen LogP) is 2.22. The normalized spacial score (nSPS) is 10.7. The fraction of sp³-hybridized carbons (Fsp3) is 0.125. The van der Waals surface area contributed by atoms with E-state index < -0.39 is 17.1 Å². The quantitative estimate of drug-likeness (QED) is 0.713. The third-order valence-corrected chi connectivity index (χ3v) is 3.86. The smallest absolute Gasteiger partial charge is 0.335 e. The molecule has 0 atom stereocenters. The van der Waals surface area contributed by atoms with Crippen molar-refractivity contribution in [2.24, 2.45) is 7.05 Å². The highest BCUT2D eigenvalue weighted by atomic mass is 35.5. The summed E-state index contributed by atoms with van der Waals surface area (Å²) in [6.07, 6.45) is 4.10. The molecular weight excluding hydrogens is 351 g/mol. The first-order valence-corrected chi connectivity index (χ1v) is 7.48. The lowest BCUT2D eigenvalue weighted by atomic mass is 10.2. The Morgan fingerprint density at radius 1 is 1.16 bits per heavy atom.